The highest BCUT2D eigenvalue weighted by molar-refractivity contribution is 5.98. The van der Waals surface area contributed by atoms with Crippen LogP contribution in [0.4, 0.5) is 0 Å². The molecule has 0 spiro atoms. The minimum atomic E-state index is -1.56. The molecule has 0 aromatic heterocycles. The minimum Gasteiger partial charge on any atom is -0.508 e. The van der Waals surface area contributed by atoms with E-state index in [0.717, 1.165) is 4.90 Å². The van der Waals surface area contributed by atoms with E-state index in [1.54, 1.807) is 13.8 Å². The Kier molecular flexibility index (Phi) is 20.1. The van der Waals surface area contributed by atoms with Crippen molar-refractivity contribution >= 4 is 53.0 Å². The van der Waals surface area contributed by atoms with Crippen molar-refractivity contribution < 1.29 is 53.7 Å². The van der Waals surface area contributed by atoms with Crippen molar-refractivity contribution in [2.75, 3.05) is 13.1 Å². The van der Waals surface area contributed by atoms with Gasteiger partial charge in [0.25, 0.3) is 0 Å². The number of carboxylic acid groups (broad SMARTS) is 1. The zero-order chi connectivity index (χ0) is 45.4. The summed E-state index contributed by atoms with van der Waals surface area (Å²) in [6.45, 7) is 8.22. The molecule has 1 aliphatic heterocycles. The number of nitrogens with zero attached hydrogens (tertiary/aromatic N) is 2. The molecule has 5 amide bonds. The van der Waals surface area contributed by atoms with Crippen LogP contribution in [0.15, 0.2) is 29.3 Å². The highest BCUT2D eigenvalue weighted by Crippen LogP contribution is 2.24. The highest BCUT2D eigenvalue weighted by atomic mass is 16.4. The van der Waals surface area contributed by atoms with Gasteiger partial charge < -0.3 is 59.1 Å². The first kappa shape index (κ1) is 50.5. The molecular weight excluding hydrogens is 782 g/mol. The van der Waals surface area contributed by atoms with Crippen LogP contribution in [0.2, 0.25) is 0 Å². The van der Waals surface area contributed by atoms with Gasteiger partial charge in [0, 0.05) is 44.1 Å². The Morgan fingerprint density at radius 3 is 2.03 bits per heavy atom. The fourth-order valence-corrected chi connectivity index (χ4v) is 6.90. The summed E-state index contributed by atoms with van der Waals surface area (Å²) < 4.78 is 0. The Balaban J connectivity index is 2.31. The van der Waals surface area contributed by atoms with Crippen molar-refractivity contribution in [3.05, 3.63) is 29.8 Å². The van der Waals surface area contributed by atoms with Crippen molar-refractivity contribution in [1.82, 2.24) is 20.9 Å². The molecule has 1 heterocycles. The fourth-order valence-electron chi connectivity index (χ4n) is 6.90. The van der Waals surface area contributed by atoms with Gasteiger partial charge in [-0.15, -0.1) is 0 Å². The molecule has 2 rings (SSSR count). The number of guanidine groups is 1. The van der Waals surface area contributed by atoms with Crippen LogP contribution < -0.4 is 38.9 Å². The van der Waals surface area contributed by atoms with E-state index in [0.29, 0.717) is 12.0 Å². The molecule has 1 fully saturated rings. The molecule has 14 N–H and O–H groups in total. The molecule has 60 heavy (non-hydrogen) atoms. The van der Waals surface area contributed by atoms with Gasteiger partial charge in [-0.3, -0.25) is 43.3 Å². The maximum atomic E-state index is 14.0. The number of carboxylic acids is 1. The number of Topliss-reactive ketones (excluding diaryl/α,β-unsaturated/α-hetero) is 2. The van der Waals surface area contributed by atoms with Crippen LogP contribution in [0.1, 0.15) is 85.1 Å². The monoisotopic (exact) mass is 845 g/mol. The van der Waals surface area contributed by atoms with E-state index in [4.69, 9.17) is 22.9 Å². The number of β-amino-alcohol motifs (C(OH)–C–C–N with tert-alkyl or cyclic N) is 1. The standard InChI is InChI=1S/C40H63N9O11/c1-20(2)15-24(29(51)16-22(5)35(42)56)18-30(52)27(12-13-32(54)55)46-38(59)34(21(3)4)49-19-31(53)33(39(49)60)48-37(58)28(17-23-8-10-25(50)11-9-23)47-36(57)26(41)7-6-14-45-40(43)44/h8-11,20-22,24,26-28,31,33-34,50,53H,6-7,12-19,41H2,1-5H3,(H2,42,56)(H,46,59)(H,47,57)(H,48,58)(H,54,55)(H4,43,44,45)/t22-,24-,26+,27+,28+,31?,33?,34+/m0/s1. The lowest BCUT2D eigenvalue weighted by atomic mass is 9.83. The molecular formula is C40H63N9O11. The van der Waals surface area contributed by atoms with Gasteiger partial charge in [0.1, 0.15) is 35.8 Å². The van der Waals surface area contributed by atoms with Gasteiger partial charge in [-0.2, -0.15) is 0 Å². The first-order valence-corrected chi connectivity index (χ1v) is 20.1. The number of aliphatic carboxylic acids is 1. The second-order valence-corrected chi connectivity index (χ2v) is 16.2. The zero-order valence-electron chi connectivity index (χ0n) is 35.0. The van der Waals surface area contributed by atoms with Gasteiger partial charge in [0.15, 0.2) is 11.7 Å². The summed E-state index contributed by atoms with van der Waals surface area (Å²) in [5.41, 5.74) is 22.6. The van der Waals surface area contributed by atoms with Crippen molar-refractivity contribution in [3.63, 3.8) is 0 Å². The Hall–Kier alpha value is -5.63. The predicted molar refractivity (Wildman–Crippen MR) is 219 cm³/mol. The number of likely N-dealkylation sites (tertiary alicyclic amines) is 1. The van der Waals surface area contributed by atoms with Gasteiger partial charge in [0.2, 0.25) is 29.5 Å². The first-order valence-electron chi connectivity index (χ1n) is 20.1. The second-order valence-electron chi connectivity index (χ2n) is 16.2. The third-order valence-electron chi connectivity index (χ3n) is 10.2. The maximum absolute atomic E-state index is 14.0. The number of rotatable bonds is 26. The number of amides is 5. The third-order valence-corrected chi connectivity index (χ3v) is 10.2. The molecule has 0 bridgehead atoms. The number of carbonyl (C=O) groups is 8. The molecule has 1 aromatic carbocycles. The third kappa shape index (κ3) is 16.2. The molecule has 1 aliphatic rings. The normalized spacial score (nSPS) is 18.1. The van der Waals surface area contributed by atoms with Crippen LogP contribution in [-0.4, -0.2) is 123 Å². The number of phenolic OH excluding ortho intramolecular Hbond substituents is 1. The molecule has 0 radical (unpaired) electrons. The van der Waals surface area contributed by atoms with Gasteiger partial charge in [-0.05, 0) is 55.2 Å². The number of nitrogens with two attached hydrogens (primary N) is 4. The second kappa shape index (κ2) is 23.8. The molecule has 2 unspecified atom stereocenters. The topological polar surface area (TPSA) is 353 Å². The van der Waals surface area contributed by atoms with Crippen LogP contribution in [-0.2, 0) is 44.8 Å². The van der Waals surface area contributed by atoms with E-state index in [1.165, 1.54) is 31.2 Å². The summed E-state index contributed by atoms with van der Waals surface area (Å²) in [6, 6.07) is -0.775. The van der Waals surface area contributed by atoms with E-state index in [-0.39, 0.29) is 68.5 Å². The number of hydrogen-bond donors (Lipinski definition) is 10. The maximum Gasteiger partial charge on any atom is 0.303 e. The van der Waals surface area contributed by atoms with Crippen LogP contribution >= 0.6 is 0 Å². The molecule has 1 aromatic rings. The van der Waals surface area contributed by atoms with Crippen LogP contribution in [0.25, 0.3) is 0 Å². The average Bonchev–Trinajstić information content (AvgIpc) is 3.42. The van der Waals surface area contributed by atoms with Crippen molar-refractivity contribution in [3.8, 4) is 5.75 Å². The van der Waals surface area contributed by atoms with Gasteiger partial charge in [0.05, 0.1) is 18.6 Å². The number of aromatic hydroxyl groups is 1. The minimum absolute atomic E-state index is 0.0288. The summed E-state index contributed by atoms with van der Waals surface area (Å²) in [5.74, 6) is -8.55. The smallest absolute Gasteiger partial charge is 0.303 e. The van der Waals surface area contributed by atoms with Crippen molar-refractivity contribution in [2.45, 2.75) is 122 Å². The van der Waals surface area contributed by atoms with Gasteiger partial charge >= 0.3 is 5.97 Å². The van der Waals surface area contributed by atoms with E-state index in [2.05, 4.69) is 20.9 Å². The number of carbonyl (C=O) groups excluding carboxylic acids is 7. The molecule has 8 atom stereocenters. The molecule has 0 saturated carbocycles. The predicted octanol–water partition coefficient (Wildman–Crippen LogP) is -1.44. The van der Waals surface area contributed by atoms with Crippen LogP contribution in [0, 0.1) is 23.7 Å². The number of nitrogens with one attached hydrogen (secondary N) is 3. The number of aliphatic hydroxyl groups excluding tert-OH is 1. The number of hydrogen-bond acceptors (Lipinski definition) is 12. The Morgan fingerprint density at radius 2 is 1.48 bits per heavy atom. The lowest BCUT2D eigenvalue weighted by molar-refractivity contribution is -0.142. The lowest BCUT2D eigenvalue weighted by Crippen LogP contribution is -2.58. The zero-order valence-corrected chi connectivity index (χ0v) is 35.0. The number of primary amides is 1. The van der Waals surface area contributed by atoms with Crippen molar-refractivity contribution in [2.24, 2.45) is 51.6 Å². The number of ketones is 2. The van der Waals surface area contributed by atoms with Gasteiger partial charge in [-0.25, -0.2) is 0 Å². The fraction of sp³-hybridized carbons (Fsp3) is 0.625. The number of aliphatic imine (C=N–C) groups is 1. The van der Waals surface area contributed by atoms with E-state index >= 15 is 0 Å². The molecule has 0 aliphatic carbocycles. The SMILES string of the molecule is CC(C)C[C@@H](CC(=O)[C@@H](CCC(=O)O)NC(=O)[C@@H](C(C)C)N1CC(O)C(NC(=O)[C@@H](Cc2ccc(O)cc2)NC(=O)[C@H](N)CCCN=C(N)N)C1=O)C(=O)C[C@H](C)C(N)=O. The quantitative estimate of drug-likeness (QED) is 0.0290. The average molecular weight is 846 g/mol. The summed E-state index contributed by atoms with van der Waals surface area (Å²) in [6.07, 6.45) is -2.20. The van der Waals surface area contributed by atoms with Crippen LogP contribution in [0.5, 0.6) is 5.75 Å². The molecule has 1 saturated heterocycles. The Labute approximate surface area is 349 Å². The molecule has 334 valence electrons. The van der Waals surface area contributed by atoms with Crippen LogP contribution in [0.3, 0.4) is 0 Å². The molecule has 20 heteroatoms. The largest absolute Gasteiger partial charge is 0.508 e. The van der Waals surface area contributed by atoms with E-state index < -0.39 is 108 Å². The lowest BCUT2D eigenvalue weighted by Gasteiger charge is -2.32. The highest BCUT2D eigenvalue weighted by Gasteiger charge is 2.47. The number of benzene rings is 1. The summed E-state index contributed by atoms with van der Waals surface area (Å²) in [5, 5.41) is 38.0. The van der Waals surface area contributed by atoms with E-state index in [9.17, 15) is 53.7 Å². The number of aliphatic hydroxyl groups is 1. The first-order chi connectivity index (χ1) is 28.0. The Morgan fingerprint density at radius 1 is 0.867 bits per heavy atom. The van der Waals surface area contributed by atoms with Crippen molar-refractivity contribution in [1.29, 1.82) is 0 Å². The summed E-state index contributed by atoms with van der Waals surface area (Å²) in [7, 11) is 0. The van der Waals surface area contributed by atoms with Gasteiger partial charge in [-0.1, -0.05) is 46.8 Å². The van der Waals surface area contributed by atoms with E-state index in [1.807, 2.05) is 13.8 Å². The summed E-state index contributed by atoms with van der Waals surface area (Å²) >= 11 is 0. The number of phenols is 1. The summed E-state index contributed by atoms with van der Waals surface area (Å²) in [4.78, 5) is 110. The molecule has 20 nitrogen and oxygen atoms in total. The Bertz CT molecular complexity index is 1720.